The van der Waals surface area contributed by atoms with E-state index in [4.69, 9.17) is 0 Å². The average Bonchev–Trinajstić information content (AvgIpc) is 3.23. The quantitative estimate of drug-likeness (QED) is 0.552. The fourth-order valence-electron chi connectivity index (χ4n) is 2.08. The van der Waals surface area contributed by atoms with Crippen molar-refractivity contribution in [1.29, 1.82) is 0 Å². The molecule has 0 aromatic carbocycles. The van der Waals surface area contributed by atoms with Crippen LogP contribution in [0.25, 0.3) is 0 Å². The van der Waals surface area contributed by atoms with Gasteiger partial charge >= 0.3 is 6.18 Å². The summed E-state index contributed by atoms with van der Waals surface area (Å²) in [6, 6.07) is 4.11. The molecule has 0 aliphatic rings. The van der Waals surface area contributed by atoms with Gasteiger partial charge in [0.05, 0.1) is 11.6 Å². The monoisotopic (exact) mass is 390 g/mol. The van der Waals surface area contributed by atoms with Gasteiger partial charge in [0.15, 0.2) is 11.7 Å². The van der Waals surface area contributed by atoms with Crippen molar-refractivity contribution in [2.45, 2.75) is 32.4 Å². The lowest BCUT2D eigenvalue weighted by molar-refractivity contribution is -0.140. The number of guanidine groups is 1. The molecule has 25 heavy (non-hydrogen) atoms. The van der Waals surface area contributed by atoms with Gasteiger partial charge in [0.2, 0.25) is 0 Å². The van der Waals surface area contributed by atoms with Crippen LogP contribution < -0.4 is 10.6 Å². The van der Waals surface area contributed by atoms with Crippen LogP contribution in [0.5, 0.6) is 0 Å². The summed E-state index contributed by atoms with van der Waals surface area (Å²) in [5.41, 5.74) is -0.821. The fourth-order valence-corrected chi connectivity index (χ4v) is 3.66. The Morgan fingerprint density at radius 3 is 2.72 bits per heavy atom. The maximum absolute atomic E-state index is 12.5. The average molecular weight is 390 g/mol. The minimum Gasteiger partial charge on any atom is -0.357 e. The Kier molecular flexibility index (Phi) is 7.24. The number of aliphatic imine (C=N–C) groups is 1. The van der Waals surface area contributed by atoms with Crippen molar-refractivity contribution in [3.63, 3.8) is 0 Å². The topological polar surface area (TPSA) is 49.3 Å². The smallest absolute Gasteiger partial charge is 0.357 e. The Balaban J connectivity index is 1.84. The first-order valence-electron chi connectivity index (χ1n) is 7.97. The largest absolute Gasteiger partial charge is 0.434 e. The molecule has 9 heteroatoms. The molecule has 1 unspecified atom stereocenters. The van der Waals surface area contributed by atoms with E-state index in [9.17, 15) is 13.2 Å². The summed E-state index contributed by atoms with van der Waals surface area (Å²) in [7, 11) is 0. The lowest BCUT2D eigenvalue weighted by atomic mass is 10.1. The third-order valence-electron chi connectivity index (χ3n) is 3.37. The number of halogens is 3. The van der Waals surface area contributed by atoms with Crippen LogP contribution in [0.1, 0.15) is 35.3 Å². The highest BCUT2D eigenvalue weighted by molar-refractivity contribution is 7.10. The lowest BCUT2D eigenvalue weighted by Crippen LogP contribution is -2.38. The molecule has 0 spiro atoms. The molecule has 0 aliphatic heterocycles. The maximum atomic E-state index is 12.5. The van der Waals surface area contributed by atoms with E-state index in [1.54, 1.807) is 11.3 Å². The molecular weight excluding hydrogens is 369 g/mol. The van der Waals surface area contributed by atoms with Gasteiger partial charge in [0.25, 0.3) is 0 Å². The summed E-state index contributed by atoms with van der Waals surface area (Å²) in [5.74, 6) is 0.988. The molecule has 0 radical (unpaired) electrons. The lowest BCUT2D eigenvalue weighted by Gasteiger charge is -2.12. The molecule has 2 aromatic heterocycles. The van der Waals surface area contributed by atoms with E-state index >= 15 is 0 Å². The molecular formula is C16H21F3N4S2. The van der Waals surface area contributed by atoms with Gasteiger partial charge in [-0.2, -0.15) is 13.2 Å². The van der Waals surface area contributed by atoms with Gasteiger partial charge < -0.3 is 10.6 Å². The second-order valence-corrected chi connectivity index (χ2v) is 7.36. The van der Waals surface area contributed by atoms with Gasteiger partial charge in [0.1, 0.15) is 0 Å². The predicted octanol–water partition coefficient (Wildman–Crippen LogP) is 4.12. The first kappa shape index (κ1) is 19.7. The number of thiazole rings is 1. The zero-order valence-corrected chi connectivity index (χ0v) is 15.7. The van der Waals surface area contributed by atoms with Crippen LogP contribution in [-0.4, -0.2) is 30.6 Å². The third kappa shape index (κ3) is 6.32. The van der Waals surface area contributed by atoms with Crippen molar-refractivity contribution in [1.82, 2.24) is 15.6 Å². The van der Waals surface area contributed by atoms with Crippen molar-refractivity contribution < 1.29 is 13.2 Å². The molecule has 138 valence electrons. The number of hydrogen-bond acceptors (Lipinski definition) is 4. The molecule has 0 aliphatic carbocycles. The number of alkyl halides is 3. The number of nitrogens with one attached hydrogen (secondary N) is 2. The molecule has 0 fully saturated rings. The predicted molar refractivity (Wildman–Crippen MR) is 97.5 cm³/mol. The molecule has 2 heterocycles. The Hall–Kier alpha value is -1.61. The van der Waals surface area contributed by atoms with Crippen LogP contribution in [0.2, 0.25) is 0 Å². The second-order valence-electron chi connectivity index (χ2n) is 5.44. The zero-order chi connectivity index (χ0) is 18.3. The first-order chi connectivity index (χ1) is 11.9. The number of nitrogens with zero attached hydrogens (tertiary/aromatic N) is 2. The van der Waals surface area contributed by atoms with Crippen LogP contribution >= 0.6 is 22.7 Å². The highest BCUT2D eigenvalue weighted by Gasteiger charge is 2.33. The summed E-state index contributed by atoms with van der Waals surface area (Å²) >= 11 is 2.73. The highest BCUT2D eigenvalue weighted by atomic mass is 32.1. The summed E-state index contributed by atoms with van der Waals surface area (Å²) in [6.07, 6.45) is -3.96. The van der Waals surface area contributed by atoms with Crippen LogP contribution in [-0.2, 0) is 12.6 Å². The Morgan fingerprint density at radius 1 is 1.32 bits per heavy atom. The van der Waals surface area contributed by atoms with Gasteiger partial charge in [-0.1, -0.05) is 13.0 Å². The van der Waals surface area contributed by atoms with E-state index in [-0.39, 0.29) is 0 Å². The number of thiophene rings is 1. The minimum absolute atomic E-state index is 0.323. The van der Waals surface area contributed by atoms with E-state index in [0.29, 0.717) is 42.9 Å². The van der Waals surface area contributed by atoms with E-state index in [1.807, 2.05) is 18.4 Å². The van der Waals surface area contributed by atoms with Crippen molar-refractivity contribution in [3.8, 4) is 0 Å². The standard InChI is InChI=1S/C16H21F3N4S2/c1-3-20-15(22-9-11(2)12-5-4-8-24-12)21-7-6-14-23-13(10-25-14)16(17,18)19/h4-5,8,10-11H,3,6-7,9H2,1-2H3,(H2,20,21,22). The first-order valence-corrected chi connectivity index (χ1v) is 9.73. The van der Waals surface area contributed by atoms with E-state index in [1.165, 1.54) is 4.88 Å². The minimum atomic E-state index is -4.38. The number of rotatable bonds is 7. The zero-order valence-electron chi connectivity index (χ0n) is 14.1. The molecule has 0 saturated carbocycles. The Morgan fingerprint density at radius 2 is 2.12 bits per heavy atom. The maximum Gasteiger partial charge on any atom is 0.434 e. The Bertz CT molecular complexity index is 665. The van der Waals surface area contributed by atoms with Gasteiger partial charge in [-0.15, -0.1) is 22.7 Å². The van der Waals surface area contributed by atoms with Crippen LogP contribution in [0.4, 0.5) is 13.2 Å². The number of hydrogen-bond donors (Lipinski definition) is 2. The molecule has 0 bridgehead atoms. The van der Waals surface area contributed by atoms with E-state index in [2.05, 4.69) is 33.6 Å². The van der Waals surface area contributed by atoms with Crippen LogP contribution in [0, 0.1) is 0 Å². The molecule has 1 atom stereocenters. The molecule has 0 saturated heterocycles. The van der Waals surface area contributed by atoms with Crippen molar-refractivity contribution in [2.75, 3.05) is 19.6 Å². The molecule has 4 nitrogen and oxygen atoms in total. The Labute approximate surface area is 153 Å². The fraction of sp³-hybridized carbons (Fsp3) is 0.500. The van der Waals surface area contributed by atoms with Gasteiger partial charge in [0, 0.05) is 35.7 Å². The van der Waals surface area contributed by atoms with Crippen LogP contribution in [0.3, 0.4) is 0 Å². The number of aromatic nitrogens is 1. The molecule has 2 rings (SSSR count). The molecule has 2 aromatic rings. The normalized spacial score (nSPS) is 13.7. The van der Waals surface area contributed by atoms with Crippen molar-refractivity contribution >= 4 is 28.6 Å². The summed E-state index contributed by atoms with van der Waals surface area (Å²) < 4.78 is 37.6. The van der Waals surface area contributed by atoms with E-state index < -0.39 is 11.9 Å². The van der Waals surface area contributed by atoms with Crippen molar-refractivity contribution in [2.24, 2.45) is 4.99 Å². The molecule has 0 amide bonds. The van der Waals surface area contributed by atoms with Crippen LogP contribution in [0.15, 0.2) is 27.9 Å². The highest BCUT2D eigenvalue weighted by Crippen LogP contribution is 2.30. The van der Waals surface area contributed by atoms with Gasteiger partial charge in [-0.3, -0.25) is 4.99 Å². The summed E-state index contributed by atoms with van der Waals surface area (Å²) in [6.45, 7) is 5.92. The van der Waals surface area contributed by atoms with Gasteiger partial charge in [-0.25, -0.2) is 4.98 Å². The third-order valence-corrected chi connectivity index (χ3v) is 5.38. The molecule has 2 N–H and O–H groups in total. The van der Waals surface area contributed by atoms with E-state index in [0.717, 1.165) is 16.7 Å². The van der Waals surface area contributed by atoms with Crippen molar-refractivity contribution in [3.05, 3.63) is 38.5 Å². The summed E-state index contributed by atoms with van der Waals surface area (Å²) in [4.78, 5) is 9.46. The second kappa shape index (κ2) is 9.19. The summed E-state index contributed by atoms with van der Waals surface area (Å²) in [5, 5.41) is 9.85. The SMILES string of the molecule is CCNC(=NCC(C)c1cccs1)NCCc1nc(C(F)(F)F)cs1. The van der Waals surface area contributed by atoms with Gasteiger partial charge in [-0.05, 0) is 18.4 Å².